The molecule has 0 aromatic carbocycles. The molecule has 5 amide bonds. The highest BCUT2D eigenvalue weighted by Gasteiger charge is 2.34. The molecule has 0 aromatic rings. The van der Waals surface area contributed by atoms with Crippen molar-refractivity contribution in [3.63, 3.8) is 0 Å². The first kappa shape index (κ1) is 119. The standard InChI is InChI=1S/C80H155N5O38/c1-93-23-26-101-39-42-109-53-56-115-65-68-118-62-59-112-50-47-106-36-31-98-20-12-82-75(87)7-16-121-71-80(85-78(90)10-15-96-29-34-104-45-46-105-35-30-97-19-11-81-74(86)5-4-6-79(91)92,72-122-17-8-76(88)83-13-21-99-32-37-107-48-51-113-60-63-119-69-66-116-57-54-110-43-40-102-27-24-94-2)73-123-18-9-77(89)84-14-22-100-33-38-108-49-52-114-61-64-120-70-67-117-58-55-111-44-41-103-28-25-95-3/h4-73H2,1-3H3,(H,81,86)(H,82,87)(H,83,88)(H,84,89)(H,85,90)(H,91,92). The molecule has 43 heteroatoms. The lowest BCUT2D eigenvalue weighted by atomic mass is 10.0. The van der Waals surface area contributed by atoms with E-state index in [0.717, 1.165) is 0 Å². The van der Waals surface area contributed by atoms with Crippen molar-refractivity contribution in [1.29, 1.82) is 0 Å². The van der Waals surface area contributed by atoms with Crippen molar-refractivity contribution in [2.24, 2.45) is 0 Å². The SMILES string of the molecule is COCCOCCOCCOCCOCCOCCOCCOCCNC(=O)CCOCC(COCCC(=O)NCCOCCOCCOCCOCCOCCOCCOCCOC)(COCCC(=O)NCCOCCOCCOCCOCCOCCOCCOCCOC)NC(=O)CCOCCOCCOCCOCCNC(=O)CCCC(=O)O. The summed E-state index contributed by atoms with van der Waals surface area (Å²) in [5.74, 6) is -2.58. The Bertz CT molecular complexity index is 2070. The molecule has 0 saturated heterocycles. The number of aliphatic carboxylic acids is 1. The van der Waals surface area contributed by atoms with Gasteiger partial charge in [-0.2, -0.15) is 0 Å². The molecule has 0 spiro atoms. The highest BCUT2D eigenvalue weighted by Crippen LogP contribution is 2.12. The van der Waals surface area contributed by atoms with Gasteiger partial charge in [0.1, 0.15) is 5.54 Å². The van der Waals surface area contributed by atoms with Gasteiger partial charge in [0, 0.05) is 86.0 Å². The van der Waals surface area contributed by atoms with E-state index >= 15 is 0 Å². The minimum atomic E-state index is -1.40. The van der Waals surface area contributed by atoms with E-state index in [0.29, 0.717) is 297 Å². The molecule has 0 aliphatic rings. The van der Waals surface area contributed by atoms with Gasteiger partial charge in [0.2, 0.25) is 29.5 Å². The predicted octanol–water partition coefficient (Wildman–Crippen LogP) is -1.47. The molecule has 0 aliphatic carbocycles. The van der Waals surface area contributed by atoms with E-state index in [2.05, 4.69) is 26.6 Å². The largest absolute Gasteiger partial charge is 0.481 e. The van der Waals surface area contributed by atoms with Crippen molar-refractivity contribution in [1.82, 2.24) is 26.6 Å². The van der Waals surface area contributed by atoms with E-state index in [1.54, 1.807) is 21.3 Å². The minimum Gasteiger partial charge on any atom is -0.481 e. The first-order valence-electron chi connectivity index (χ1n) is 42.8. The van der Waals surface area contributed by atoms with Gasteiger partial charge in [0.15, 0.2) is 0 Å². The molecule has 0 rings (SSSR count). The van der Waals surface area contributed by atoms with Crippen molar-refractivity contribution in [3.05, 3.63) is 0 Å². The Morgan fingerprint density at radius 2 is 0.341 bits per heavy atom. The van der Waals surface area contributed by atoms with Crippen LogP contribution < -0.4 is 26.6 Å². The maximum atomic E-state index is 13.8. The fourth-order valence-corrected chi connectivity index (χ4v) is 9.31. The molecular formula is C80H155N5O38. The van der Waals surface area contributed by atoms with Crippen LogP contribution in [-0.2, 0) is 176 Å². The van der Waals surface area contributed by atoms with Crippen LogP contribution in [0.15, 0.2) is 0 Å². The number of methoxy groups -OCH3 is 3. The molecule has 0 saturated carbocycles. The summed E-state index contributed by atoms with van der Waals surface area (Å²) >= 11 is 0. The fraction of sp³-hybridized carbons (Fsp3) is 0.925. The lowest BCUT2D eigenvalue weighted by molar-refractivity contribution is -0.137. The number of amides is 5. The maximum Gasteiger partial charge on any atom is 0.303 e. The van der Waals surface area contributed by atoms with Crippen LogP contribution in [0, 0.1) is 0 Å². The summed E-state index contributed by atoms with van der Waals surface area (Å²) in [6.45, 7) is 20.9. The first-order valence-corrected chi connectivity index (χ1v) is 42.8. The molecule has 43 nitrogen and oxygen atoms in total. The van der Waals surface area contributed by atoms with E-state index < -0.39 is 17.4 Å². The van der Waals surface area contributed by atoms with E-state index in [9.17, 15) is 28.8 Å². The first-order chi connectivity index (χ1) is 60.6. The zero-order valence-electron chi connectivity index (χ0n) is 74.0. The van der Waals surface area contributed by atoms with Gasteiger partial charge in [-0.3, -0.25) is 28.8 Å². The summed E-state index contributed by atoms with van der Waals surface area (Å²) < 4.78 is 171. The molecule has 0 atom stereocenters. The van der Waals surface area contributed by atoms with Gasteiger partial charge < -0.3 is 179 Å². The summed E-state index contributed by atoms with van der Waals surface area (Å²) in [5.41, 5.74) is -1.40. The van der Waals surface area contributed by atoms with Gasteiger partial charge in [-0.25, -0.2) is 0 Å². The van der Waals surface area contributed by atoms with Crippen molar-refractivity contribution in [2.75, 3.05) is 437 Å². The molecule has 0 radical (unpaired) electrons. The third-order valence-corrected chi connectivity index (χ3v) is 15.6. The quantitative estimate of drug-likeness (QED) is 0.0378. The van der Waals surface area contributed by atoms with E-state index in [-0.39, 0.29) is 187 Å². The third kappa shape index (κ3) is 98.0. The Kier molecular flexibility index (Phi) is 97.7. The molecule has 0 heterocycles. The number of rotatable bonds is 107. The van der Waals surface area contributed by atoms with Gasteiger partial charge in [-0.1, -0.05) is 0 Å². The van der Waals surface area contributed by atoms with Crippen molar-refractivity contribution < 1.29 is 181 Å². The second kappa shape index (κ2) is 101. The fourth-order valence-electron chi connectivity index (χ4n) is 9.31. The Balaban J connectivity index is 5.32. The smallest absolute Gasteiger partial charge is 0.303 e. The number of carboxylic acid groups (broad SMARTS) is 1. The third-order valence-electron chi connectivity index (χ3n) is 15.6. The van der Waals surface area contributed by atoms with Crippen LogP contribution in [0.3, 0.4) is 0 Å². The second-order valence-electron chi connectivity index (χ2n) is 25.9. The topological polar surface area (TPSA) is 469 Å². The van der Waals surface area contributed by atoms with Gasteiger partial charge in [-0.05, 0) is 6.42 Å². The molecule has 123 heavy (non-hydrogen) atoms. The maximum absolute atomic E-state index is 13.8. The average Bonchev–Trinajstić information content (AvgIpc) is 0.854. The summed E-state index contributed by atoms with van der Waals surface area (Å²) in [7, 11) is 4.87. The van der Waals surface area contributed by atoms with Crippen LogP contribution >= 0.6 is 0 Å². The molecule has 0 aliphatic heterocycles. The van der Waals surface area contributed by atoms with Gasteiger partial charge in [-0.15, -0.1) is 0 Å². The molecular weight excluding hydrogens is 1640 g/mol. The zero-order valence-corrected chi connectivity index (χ0v) is 74.0. The van der Waals surface area contributed by atoms with Crippen LogP contribution in [0.25, 0.3) is 0 Å². The Morgan fingerprint density at radius 1 is 0.187 bits per heavy atom. The van der Waals surface area contributed by atoms with Gasteiger partial charge in [0.25, 0.3) is 0 Å². The van der Waals surface area contributed by atoms with Crippen LogP contribution in [0.1, 0.15) is 44.9 Å². The zero-order chi connectivity index (χ0) is 88.9. The highest BCUT2D eigenvalue weighted by molar-refractivity contribution is 5.78. The molecule has 0 fully saturated rings. The van der Waals surface area contributed by atoms with Crippen LogP contribution in [0.2, 0.25) is 0 Å². The lowest BCUT2D eigenvalue weighted by Crippen LogP contribution is -2.59. The number of carbonyl (C=O) groups excluding carboxylic acids is 5. The van der Waals surface area contributed by atoms with Crippen LogP contribution in [-0.4, -0.2) is 483 Å². The monoisotopic (exact) mass is 1790 g/mol. The molecule has 0 bridgehead atoms. The van der Waals surface area contributed by atoms with Crippen molar-refractivity contribution in [2.45, 2.75) is 50.5 Å². The van der Waals surface area contributed by atoms with E-state index in [1.807, 2.05) is 0 Å². The number of nitrogens with one attached hydrogen (secondary N) is 5. The van der Waals surface area contributed by atoms with Crippen molar-refractivity contribution >= 4 is 35.5 Å². The van der Waals surface area contributed by atoms with Gasteiger partial charge in [0.05, 0.1) is 390 Å². The lowest BCUT2D eigenvalue weighted by Gasteiger charge is -2.34. The molecule has 0 aromatic heterocycles. The highest BCUT2D eigenvalue weighted by atomic mass is 16.6. The predicted molar refractivity (Wildman–Crippen MR) is 441 cm³/mol. The van der Waals surface area contributed by atoms with Crippen molar-refractivity contribution in [3.8, 4) is 0 Å². The van der Waals surface area contributed by atoms with E-state index in [1.165, 1.54) is 0 Å². The van der Waals surface area contributed by atoms with Crippen LogP contribution in [0.5, 0.6) is 0 Å². The molecule has 0 unspecified atom stereocenters. The number of carboxylic acids is 1. The Morgan fingerprint density at radius 3 is 0.528 bits per heavy atom. The number of hydrogen-bond acceptors (Lipinski definition) is 37. The number of ether oxygens (including phenoxy) is 31. The molecule has 6 N–H and O–H groups in total. The van der Waals surface area contributed by atoms with Crippen LogP contribution in [0.4, 0.5) is 0 Å². The Hall–Kier alpha value is -4.42. The second-order valence-corrected chi connectivity index (χ2v) is 25.9. The molecule has 728 valence electrons. The summed E-state index contributed by atoms with van der Waals surface area (Å²) in [4.78, 5) is 75.3. The van der Waals surface area contributed by atoms with Gasteiger partial charge >= 0.3 is 5.97 Å². The Labute approximate surface area is 728 Å². The number of carbonyl (C=O) groups is 6. The normalized spacial score (nSPS) is 11.6. The summed E-state index contributed by atoms with van der Waals surface area (Å²) in [6, 6.07) is 0. The van der Waals surface area contributed by atoms with E-state index in [4.69, 9.17) is 152 Å². The summed E-state index contributed by atoms with van der Waals surface area (Å²) in [5, 5.41) is 22.8. The average molecular weight is 1800 g/mol. The minimum absolute atomic E-state index is 0.0104. The summed E-state index contributed by atoms with van der Waals surface area (Å²) in [6.07, 6.45) is 0.0846. The number of hydrogen-bond donors (Lipinski definition) is 6.